The van der Waals surface area contributed by atoms with Gasteiger partial charge < -0.3 is 15.1 Å². The van der Waals surface area contributed by atoms with E-state index in [0.717, 1.165) is 11.0 Å². The molecule has 4 aromatic rings. The SMILES string of the molecule is CC(C)CN(C(=O)c1ccc(C#Cc2ccc(-c3cc(C(=O)NN)c4cnccc4n3)cc2)c(F)c1)C(CO)C(=O)O. The number of nitrogens with two attached hydrogens (primary N) is 1. The number of hydrogen-bond acceptors (Lipinski definition) is 7. The molecule has 2 amide bonds. The largest absolute Gasteiger partial charge is 0.480 e. The van der Waals surface area contributed by atoms with Crippen LogP contribution in [0, 0.1) is 23.6 Å². The molecule has 0 spiro atoms. The van der Waals surface area contributed by atoms with E-state index < -0.39 is 36.2 Å². The number of aromatic nitrogens is 2. The van der Waals surface area contributed by atoms with E-state index in [-0.39, 0.29) is 23.6 Å². The van der Waals surface area contributed by atoms with Crippen LogP contribution in [-0.2, 0) is 4.79 Å². The molecule has 4 rings (SSSR count). The summed E-state index contributed by atoms with van der Waals surface area (Å²) in [5.41, 5.74) is 4.87. The van der Waals surface area contributed by atoms with Crippen molar-refractivity contribution in [3.8, 4) is 23.1 Å². The molecular formula is C31H28FN5O5. The van der Waals surface area contributed by atoms with Crippen molar-refractivity contribution >= 4 is 28.7 Å². The fourth-order valence-corrected chi connectivity index (χ4v) is 4.32. The first kappa shape index (κ1) is 29.8. The molecule has 0 aliphatic heterocycles. The van der Waals surface area contributed by atoms with Crippen molar-refractivity contribution in [2.24, 2.45) is 11.8 Å². The molecule has 2 aromatic carbocycles. The summed E-state index contributed by atoms with van der Waals surface area (Å²) in [5.74, 6) is 7.63. The Hall–Kier alpha value is -5.18. The van der Waals surface area contributed by atoms with Crippen molar-refractivity contribution < 1.29 is 29.0 Å². The van der Waals surface area contributed by atoms with Crippen molar-refractivity contribution in [3.05, 3.63) is 95.1 Å². The first-order valence-corrected chi connectivity index (χ1v) is 12.9. The number of halogens is 1. The number of nitrogens with one attached hydrogen (secondary N) is 1. The molecule has 214 valence electrons. The Kier molecular flexibility index (Phi) is 9.22. The highest BCUT2D eigenvalue weighted by atomic mass is 19.1. The monoisotopic (exact) mass is 569 g/mol. The molecule has 42 heavy (non-hydrogen) atoms. The third-order valence-electron chi connectivity index (χ3n) is 6.38. The number of nitrogen functional groups attached to an aromatic ring is 1. The Morgan fingerprint density at radius 1 is 1.07 bits per heavy atom. The Morgan fingerprint density at radius 2 is 1.81 bits per heavy atom. The predicted molar refractivity (Wildman–Crippen MR) is 153 cm³/mol. The van der Waals surface area contributed by atoms with Gasteiger partial charge in [-0.3, -0.25) is 20.0 Å². The highest BCUT2D eigenvalue weighted by molar-refractivity contribution is 6.06. The first-order chi connectivity index (χ1) is 20.1. The molecule has 1 unspecified atom stereocenters. The van der Waals surface area contributed by atoms with E-state index in [0.29, 0.717) is 33.3 Å². The number of carbonyl (C=O) groups is 3. The van der Waals surface area contributed by atoms with Crippen LogP contribution in [0.4, 0.5) is 4.39 Å². The summed E-state index contributed by atoms with van der Waals surface area (Å²) in [7, 11) is 0. The summed E-state index contributed by atoms with van der Waals surface area (Å²) in [6.45, 7) is 2.91. The molecule has 1 atom stereocenters. The highest BCUT2D eigenvalue weighted by Crippen LogP contribution is 2.25. The summed E-state index contributed by atoms with van der Waals surface area (Å²) >= 11 is 0. The van der Waals surface area contributed by atoms with Crippen LogP contribution in [0.25, 0.3) is 22.2 Å². The van der Waals surface area contributed by atoms with Gasteiger partial charge in [-0.25, -0.2) is 20.0 Å². The molecule has 0 saturated carbocycles. The fourth-order valence-electron chi connectivity index (χ4n) is 4.32. The number of pyridine rings is 2. The second-order valence-corrected chi connectivity index (χ2v) is 9.83. The Balaban J connectivity index is 1.57. The zero-order valence-corrected chi connectivity index (χ0v) is 22.8. The van der Waals surface area contributed by atoms with Gasteiger partial charge in [0.05, 0.1) is 28.9 Å². The minimum absolute atomic E-state index is 0.0465. The quantitative estimate of drug-likeness (QED) is 0.109. The van der Waals surface area contributed by atoms with Crippen molar-refractivity contribution in [2.75, 3.05) is 13.2 Å². The Bertz CT molecular complexity index is 1710. The molecule has 10 nitrogen and oxygen atoms in total. The maximum absolute atomic E-state index is 14.9. The van der Waals surface area contributed by atoms with Crippen LogP contribution in [0.15, 0.2) is 67.0 Å². The normalized spacial score (nSPS) is 11.5. The number of hydrazine groups is 1. The first-order valence-electron chi connectivity index (χ1n) is 12.9. The maximum Gasteiger partial charge on any atom is 0.328 e. The van der Waals surface area contributed by atoms with E-state index in [1.54, 1.807) is 62.6 Å². The number of carbonyl (C=O) groups excluding carboxylic acids is 2. The third kappa shape index (κ3) is 6.58. The van der Waals surface area contributed by atoms with E-state index in [1.807, 2.05) is 0 Å². The molecule has 0 bridgehead atoms. The standard InChI is InChI=1S/C31H28FN5O5/c1-18(2)16-37(28(17-38)31(41)42)30(40)22-10-9-20(25(32)13-22)6-3-19-4-7-21(8-5-19)27-14-23(29(39)36-33)24-15-34-12-11-26(24)35-27/h4-5,7-15,18,28,38H,16-17,33H2,1-2H3,(H,36,39)(H,41,42). The zero-order chi connectivity index (χ0) is 30.4. The third-order valence-corrected chi connectivity index (χ3v) is 6.38. The van der Waals surface area contributed by atoms with Gasteiger partial charge in [-0.05, 0) is 48.4 Å². The van der Waals surface area contributed by atoms with Gasteiger partial charge in [0, 0.05) is 41.0 Å². The molecule has 0 aliphatic carbocycles. The number of rotatable bonds is 8. The summed E-state index contributed by atoms with van der Waals surface area (Å²) in [6.07, 6.45) is 3.12. The number of aliphatic carboxylic acids is 1. The minimum atomic E-state index is -1.45. The van der Waals surface area contributed by atoms with E-state index in [4.69, 9.17) is 5.84 Å². The van der Waals surface area contributed by atoms with Gasteiger partial charge in [-0.15, -0.1) is 0 Å². The van der Waals surface area contributed by atoms with Gasteiger partial charge in [0.15, 0.2) is 6.04 Å². The van der Waals surface area contributed by atoms with Gasteiger partial charge in [-0.1, -0.05) is 37.8 Å². The number of carboxylic acid groups (broad SMARTS) is 1. The predicted octanol–water partition coefficient (Wildman–Crippen LogP) is 2.98. The lowest BCUT2D eigenvalue weighted by atomic mass is 10.0. The summed E-state index contributed by atoms with van der Waals surface area (Å²) in [5, 5.41) is 19.5. The second-order valence-electron chi connectivity index (χ2n) is 9.83. The Morgan fingerprint density at radius 3 is 2.43 bits per heavy atom. The molecule has 11 heteroatoms. The van der Waals surface area contributed by atoms with E-state index >= 15 is 0 Å². The molecule has 0 radical (unpaired) electrons. The highest BCUT2D eigenvalue weighted by Gasteiger charge is 2.30. The number of aliphatic hydroxyl groups excluding tert-OH is 1. The lowest BCUT2D eigenvalue weighted by molar-refractivity contribution is -0.143. The van der Waals surface area contributed by atoms with Gasteiger partial charge in [-0.2, -0.15) is 0 Å². The van der Waals surface area contributed by atoms with Crippen LogP contribution in [0.1, 0.15) is 45.7 Å². The van der Waals surface area contributed by atoms with Crippen LogP contribution in [0.2, 0.25) is 0 Å². The van der Waals surface area contributed by atoms with Crippen molar-refractivity contribution in [2.45, 2.75) is 19.9 Å². The lowest BCUT2D eigenvalue weighted by Crippen LogP contribution is -2.48. The van der Waals surface area contributed by atoms with Crippen molar-refractivity contribution in [1.29, 1.82) is 0 Å². The average Bonchev–Trinajstić information content (AvgIpc) is 2.98. The minimum Gasteiger partial charge on any atom is -0.480 e. The Labute approximate surface area is 241 Å². The number of fused-ring (bicyclic) bond motifs is 1. The molecule has 5 N–H and O–H groups in total. The average molecular weight is 570 g/mol. The fraction of sp³-hybridized carbons (Fsp3) is 0.194. The second kappa shape index (κ2) is 13.0. The van der Waals surface area contributed by atoms with Gasteiger partial charge >= 0.3 is 5.97 Å². The number of amides is 2. The molecule has 2 aromatic heterocycles. The topological polar surface area (TPSA) is 159 Å². The maximum atomic E-state index is 14.9. The van der Waals surface area contributed by atoms with E-state index in [1.165, 1.54) is 12.1 Å². The smallest absolute Gasteiger partial charge is 0.328 e. The van der Waals surface area contributed by atoms with Gasteiger partial charge in [0.2, 0.25) is 0 Å². The van der Waals surface area contributed by atoms with E-state index in [2.05, 4.69) is 27.2 Å². The molecule has 0 aliphatic rings. The van der Waals surface area contributed by atoms with Crippen molar-refractivity contribution in [3.63, 3.8) is 0 Å². The molecular weight excluding hydrogens is 541 g/mol. The van der Waals surface area contributed by atoms with Crippen LogP contribution >= 0.6 is 0 Å². The number of aliphatic hydroxyl groups is 1. The summed E-state index contributed by atoms with van der Waals surface area (Å²) < 4.78 is 14.9. The van der Waals surface area contributed by atoms with Crippen LogP contribution in [0.3, 0.4) is 0 Å². The number of nitrogens with zero attached hydrogens (tertiary/aromatic N) is 3. The number of carboxylic acids is 1. The summed E-state index contributed by atoms with van der Waals surface area (Å²) in [6, 6.07) is 12.6. The van der Waals surface area contributed by atoms with Crippen molar-refractivity contribution in [1.82, 2.24) is 20.3 Å². The number of hydrogen-bond donors (Lipinski definition) is 4. The zero-order valence-electron chi connectivity index (χ0n) is 22.8. The van der Waals surface area contributed by atoms with Crippen LogP contribution in [-0.4, -0.2) is 62.1 Å². The van der Waals surface area contributed by atoms with E-state index in [9.17, 15) is 29.0 Å². The molecule has 0 saturated heterocycles. The van der Waals surface area contributed by atoms with Crippen LogP contribution < -0.4 is 11.3 Å². The van der Waals surface area contributed by atoms with Gasteiger partial charge in [0.1, 0.15) is 5.82 Å². The summed E-state index contributed by atoms with van der Waals surface area (Å²) in [4.78, 5) is 46.6. The molecule has 2 heterocycles. The lowest BCUT2D eigenvalue weighted by Gasteiger charge is -2.29. The molecule has 0 fully saturated rings. The number of benzene rings is 2. The van der Waals surface area contributed by atoms with Gasteiger partial charge in [0.25, 0.3) is 11.8 Å². The van der Waals surface area contributed by atoms with Crippen LogP contribution in [0.5, 0.6) is 0 Å².